The Morgan fingerprint density at radius 1 is 0.938 bits per heavy atom. The average Bonchev–Trinajstić information content (AvgIpc) is 3.04. The van der Waals surface area contributed by atoms with E-state index >= 15 is 0 Å². The Morgan fingerprint density at radius 3 is 2.19 bits per heavy atom. The quantitative estimate of drug-likeness (QED) is 0.504. The summed E-state index contributed by atoms with van der Waals surface area (Å²) in [5, 5.41) is 0. The second-order valence-electron chi connectivity index (χ2n) is 7.99. The van der Waals surface area contributed by atoms with Crippen LogP contribution in [0.15, 0.2) is 48.5 Å². The Labute approximate surface area is 188 Å². The van der Waals surface area contributed by atoms with Gasteiger partial charge in [0, 0.05) is 18.8 Å². The number of aromatic nitrogens is 1. The summed E-state index contributed by atoms with van der Waals surface area (Å²) in [7, 11) is 0. The van der Waals surface area contributed by atoms with Crippen molar-refractivity contribution in [1.29, 1.82) is 0 Å². The Kier molecular flexibility index (Phi) is 7.46. The summed E-state index contributed by atoms with van der Waals surface area (Å²) in [5.74, 6) is -0.806. The lowest BCUT2D eigenvalue weighted by Crippen LogP contribution is -2.31. The molecule has 168 valence electrons. The van der Waals surface area contributed by atoms with Crippen LogP contribution < -0.4 is 0 Å². The number of hydrogen-bond donors (Lipinski definition) is 1. The van der Waals surface area contributed by atoms with Crippen LogP contribution in [0, 0.1) is 26.6 Å². The smallest absolute Gasteiger partial charge is 0.355 e. The van der Waals surface area contributed by atoms with Gasteiger partial charge in [0.25, 0.3) is 0 Å². The molecule has 6 heteroatoms. The van der Waals surface area contributed by atoms with Crippen LogP contribution >= 0.6 is 0 Å². The first-order valence-corrected chi connectivity index (χ1v) is 10.7. The number of amides is 1. The van der Waals surface area contributed by atoms with Gasteiger partial charge < -0.3 is 14.6 Å². The third-order valence-corrected chi connectivity index (χ3v) is 5.54. The van der Waals surface area contributed by atoms with E-state index in [2.05, 4.69) is 4.98 Å². The molecule has 0 spiro atoms. The fourth-order valence-electron chi connectivity index (χ4n) is 3.66. The van der Waals surface area contributed by atoms with E-state index < -0.39 is 5.97 Å². The van der Waals surface area contributed by atoms with Crippen molar-refractivity contribution in [3.63, 3.8) is 0 Å². The van der Waals surface area contributed by atoms with Gasteiger partial charge in [0.1, 0.15) is 11.5 Å². The minimum atomic E-state index is -0.401. The van der Waals surface area contributed by atoms with Gasteiger partial charge in [-0.15, -0.1) is 0 Å². The number of rotatable bonds is 8. The number of carbonyl (C=O) groups is 2. The van der Waals surface area contributed by atoms with Gasteiger partial charge in [0.15, 0.2) is 0 Å². The zero-order chi connectivity index (χ0) is 23.3. The number of aryl methyl sites for hydroxylation is 2. The maximum atomic E-state index is 13.3. The summed E-state index contributed by atoms with van der Waals surface area (Å²) in [6, 6.07) is 14.0. The largest absolute Gasteiger partial charge is 0.461 e. The van der Waals surface area contributed by atoms with Gasteiger partial charge in [-0.2, -0.15) is 0 Å². The molecule has 1 aromatic heterocycles. The van der Waals surface area contributed by atoms with Crippen molar-refractivity contribution in [2.75, 3.05) is 6.61 Å². The number of esters is 1. The van der Waals surface area contributed by atoms with Crippen LogP contribution in [0.4, 0.5) is 4.39 Å². The maximum Gasteiger partial charge on any atom is 0.355 e. The van der Waals surface area contributed by atoms with Crippen LogP contribution in [-0.2, 0) is 29.0 Å². The van der Waals surface area contributed by atoms with Crippen LogP contribution in [0.5, 0.6) is 0 Å². The van der Waals surface area contributed by atoms with Crippen molar-refractivity contribution in [1.82, 2.24) is 9.88 Å². The molecule has 32 heavy (non-hydrogen) atoms. The Bertz CT molecular complexity index is 1090. The molecule has 2 aromatic carbocycles. The van der Waals surface area contributed by atoms with Crippen LogP contribution in [0.1, 0.15) is 50.9 Å². The molecule has 0 saturated carbocycles. The second-order valence-corrected chi connectivity index (χ2v) is 7.99. The molecule has 0 aliphatic rings. The van der Waals surface area contributed by atoms with E-state index in [-0.39, 0.29) is 18.1 Å². The number of halogens is 1. The molecule has 0 aliphatic heterocycles. The fourth-order valence-corrected chi connectivity index (χ4v) is 3.66. The van der Waals surface area contributed by atoms with Crippen molar-refractivity contribution in [2.24, 2.45) is 0 Å². The van der Waals surface area contributed by atoms with Crippen molar-refractivity contribution in [2.45, 2.75) is 47.2 Å². The van der Waals surface area contributed by atoms with Crippen LogP contribution in [0.3, 0.4) is 0 Å². The van der Waals surface area contributed by atoms with Crippen LogP contribution in [-0.4, -0.2) is 28.4 Å². The van der Waals surface area contributed by atoms with E-state index in [1.807, 2.05) is 45.0 Å². The summed E-state index contributed by atoms with van der Waals surface area (Å²) in [5.41, 5.74) is 5.83. The molecular formula is C26H29FN2O3. The summed E-state index contributed by atoms with van der Waals surface area (Å²) < 4.78 is 18.4. The SMILES string of the molecule is CCOC(=O)c1[nH]c(C)c(CN(Cc2ccc(C)cc2)C(=O)Cc2ccc(F)cc2)c1C. The lowest BCUT2D eigenvalue weighted by Gasteiger charge is -2.24. The summed E-state index contributed by atoms with van der Waals surface area (Å²) in [6.07, 6.45) is 0.166. The highest BCUT2D eigenvalue weighted by Crippen LogP contribution is 2.22. The molecule has 0 unspecified atom stereocenters. The average molecular weight is 437 g/mol. The van der Waals surface area contributed by atoms with Crippen LogP contribution in [0.25, 0.3) is 0 Å². The molecule has 0 radical (unpaired) electrons. The third kappa shape index (κ3) is 5.63. The Hall–Kier alpha value is -3.41. The topological polar surface area (TPSA) is 62.4 Å². The maximum absolute atomic E-state index is 13.3. The van der Waals surface area contributed by atoms with E-state index in [1.54, 1.807) is 24.0 Å². The molecule has 1 heterocycles. The zero-order valence-corrected chi connectivity index (χ0v) is 19.0. The summed E-state index contributed by atoms with van der Waals surface area (Å²) in [6.45, 7) is 8.60. The van der Waals surface area contributed by atoms with Gasteiger partial charge in [0.2, 0.25) is 5.91 Å². The highest BCUT2D eigenvalue weighted by Gasteiger charge is 2.22. The van der Waals surface area contributed by atoms with Crippen molar-refractivity contribution < 1.29 is 18.7 Å². The third-order valence-electron chi connectivity index (χ3n) is 5.54. The number of aromatic amines is 1. The number of benzene rings is 2. The minimum Gasteiger partial charge on any atom is -0.461 e. The van der Waals surface area contributed by atoms with E-state index in [1.165, 1.54) is 12.1 Å². The Morgan fingerprint density at radius 2 is 1.56 bits per heavy atom. The molecule has 5 nitrogen and oxygen atoms in total. The van der Waals surface area contributed by atoms with Crippen molar-refractivity contribution in [3.05, 3.63) is 93.6 Å². The molecule has 0 bridgehead atoms. The molecule has 0 saturated heterocycles. The number of carbonyl (C=O) groups excluding carboxylic acids is 2. The van der Waals surface area contributed by atoms with E-state index in [4.69, 9.17) is 4.74 Å². The normalized spacial score (nSPS) is 10.8. The number of H-pyrrole nitrogens is 1. The summed E-state index contributed by atoms with van der Waals surface area (Å²) >= 11 is 0. The minimum absolute atomic E-state index is 0.0742. The van der Waals surface area contributed by atoms with Gasteiger partial charge in [-0.05, 0) is 62.1 Å². The van der Waals surface area contributed by atoms with Gasteiger partial charge in [-0.25, -0.2) is 9.18 Å². The molecular weight excluding hydrogens is 407 g/mol. The molecule has 3 rings (SSSR count). The van der Waals surface area contributed by atoms with Gasteiger partial charge >= 0.3 is 5.97 Å². The highest BCUT2D eigenvalue weighted by molar-refractivity contribution is 5.90. The number of nitrogens with one attached hydrogen (secondary N) is 1. The predicted octanol–water partition coefficient (Wildman–Crippen LogP) is 5.03. The molecule has 0 atom stereocenters. The molecule has 1 N–H and O–H groups in total. The number of ether oxygens (including phenoxy) is 1. The van der Waals surface area contributed by atoms with E-state index in [0.29, 0.717) is 25.4 Å². The van der Waals surface area contributed by atoms with Crippen molar-refractivity contribution >= 4 is 11.9 Å². The Balaban J connectivity index is 1.88. The van der Waals surface area contributed by atoms with E-state index in [9.17, 15) is 14.0 Å². The lowest BCUT2D eigenvalue weighted by molar-refractivity contribution is -0.131. The van der Waals surface area contributed by atoms with Gasteiger partial charge in [0.05, 0.1) is 13.0 Å². The van der Waals surface area contributed by atoms with Gasteiger partial charge in [-0.3, -0.25) is 4.79 Å². The second kappa shape index (κ2) is 10.3. The molecule has 1 amide bonds. The highest BCUT2D eigenvalue weighted by atomic mass is 19.1. The first-order valence-electron chi connectivity index (χ1n) is 10.7. The lowest BCUT2D eigenvalue weighted by atomic mass is 10.1. The standard InChI is InChI=1S/C26H29FN2O3/c1-5-32-26(31)25-18(3)23(19(4)28-25)16-29(15-21-8-6-17(2)7-9-21)24(30)14-20-10-12-22(27)13-11-20/h6-13,28H,5,14-16H2,1-4H3. The summed E-state index contributed by atoms with van der Waals surface area (Å²) in [4.78, 5) is 30.4. The number of nitrogens with zero attached hydrogens (tertiary/aromatic N) is 1. The van der Waals surface area contributed by atoms with E-state index in [0.717, 1.165) is 33.5 Å². The van der Waals surface area contributed by atoms with Gasteiger partial charge in [-0.1, -0.05) is 42.0 Å². The van der Waals surface area contributed by atoms with Crippen molar-refractivity contribution in [3.8, 4) is 0 Å². The molecule has 0 aliphatic carbocycles. The predicted molar refractivity (Wildman–Crippen MR) is 122 cm³/mol. The first kappa shape index (κ1) is 23.3. The monoisotopic (exact) mass is 436 g/mol. The zero-order valence-electron chi connectivity index (χ0n) is 19.0. The van der Waals surface area contributed by atoms with Crippen LogP contribution in [0.2, 0.25) is 0 Å². The first-order chi connectivity index (χ1) is 15.3. The number of hydrogen-bond acceptors (Lipinski definition) is 3. The molecule has 3 aromatic rings. The molecule has 0 fully saturated rings. The fraction of sp³-hybridized carbons (Fsp3) is 0.308.